The maximum absolute atomic E-state index is 11.7. The summed E-state index contributed by atoms with van der Waals surface area (Å²) in [5.74, 6) is -3.01. The monoisotopic (exact) mass is 840 g/mol. The number of carbonyl (C=O) groups excluding carboxylic acids is 6. The van der Waals surface area contributed by atoms with Gasteiger partial charge in [-0.25, -0.2) is 19.2 Å². The van der Waals surface area contributed by atoms with Gasteiger partial charge in [-0.2, -0.15) is 4.99 Å². The van der Waals surface area contributed by atoms with E-state index in [0.29, 0.717) is 7.69 Å². The van der Waals surface area contributed by atoms with Gasteiger partial charge in [0.25, 0.3) is 17.9 Å². The van der Waals surface area contributed by atoms with E-state index in [0.717, 1.165) is 31.3 Å². The smallest absolute Gasteiger partial charge is 0.702 e. The molecule has 0 spiro atoms. The predicted molar refractivity (Wildman–Crippen MR) is 213 cm³/mol. The zero-order chi connectivity index (χ0) is 44.7. The van der Waals surface area contributed by atoms with E-state index >= 15 is 0 Å². The molecule has 1 aliphatic rings. The first-order valence-electron chi connectivity index (χ1n) is 18.0. The van der Waals surface area contributed by atoms with E-state index in [1.54, 1.807) is 48.5 Å². The number of rotatable bonds is 9. The molecule has 1 aliphatic heterocycles. The molecule has 0 aliphatic carbocycles. The summed E-state index contributed by atoms with van der Waals surface area (Å²) in [7, 11) is 0.699. The Balaban J connectivity index is -0.000000746. The van der Waals surface area contributed by atoms with Crippen LogP contribution < -0.4 is 34.9 Å². The van der Waals surface area contributed by atoms with Crippen LogP contribution in [0.2, 0.25) is 0 Å². The first-order chi connectivity index (χ1) is 26.9. The SMILES string of the molecule is C1CCOC1.CC(=NC(=O)OC(C)(C)C)C(=O)OCc1ccccc1.CC(=O)O.CC(=O)O[B-]OC(C)=O.CC(NC(=O)OC(C)(C)C)C(=O)OCc1ccccc1.[Na+]. The molecule has 0 saturated carbocycles. The van der Waals surface area contributed by atoms with Crippen LogP contribution in [0, 0.1) is 0 Å². The molecule has 17 nitrogen and oxygen atoms in total. The van der Waals surface area contributed by atoms with Gasteiger partial charge in [-0.15, -0.1) is 0 Å². The van der Waals surface area contributed by atoms with Crippen LogP contribution in [-0.4, -0.2) is 91.0 Å². The van der Waals surface area contributed by atoms with Crippen molar-refractivity contribution in [3.63, 3.8) is 0 Å². The van der Waals surface area contributed by atoms with Gasteiger partial charge >= 0.3 is 53.7 Å². The number of carbonyl (C=O) groups is 7. The quantitative estimate of drug-likeness (QED) is 0.160. The number of alkyl carbamates (subject to hydrolysis) is 1. The number of benzene rings is 2. The molecule has 322 valence electrons. The fourth-order valence-electron chi connectivity index (χ4n) is 3.36. The van der Waals surface area contributed by atoms with Crippen molar-refractivity contribution in [2.45, 2.75) is 119 Å². The predicted octanol–water partition coefficient (Wildman–Crippen LogP) is 3.31. The minimum absolute atomic E-state index is 0. The summed E-state index contributed by atoms with van der Waals surface area (Å²) in [6, 6.07) is 17.8. The minimum Gasteiger partial charge on any atom is -0.702 e. The Morgan fingerprint density at radius 3 is 1.49 bits per heavy atom. The van der Waals surface area contributed by atoms with Crippen LogP contribution in [0.5, 0.6) is 0 Å². The number of carboxylic acid groups (broad SMARTS) is 1. The zero-order valence-corrected chi connectivity index (χ0v) is 38.3. The van der Waals surface area contributed by atoms with Crippen molar-refractivity contribution < 1.29 is 101 Å². The Bertz CT molecular complexity index is 1550. The van der Waals surface area contributed by atoms with Crippen LogP contribution in [0.3, 0.4) is 0 Å². The van der Waals surface area contributed by atoms with Crippen LogP contribution in [0.25, 0.3) is 0 Å². The third kappa shape index (κ3) is 41.2. The third-order valence-electron chi connectivity index (χ3n) is 5.73. The Morgan fingerprint density at radius 2 is 1.14 bits per heavy atom. The number of hydrogen-bond acceptors (Lipinski definition) is 14. The fraction of sp³-hybridized carbons (Fsp3) is 0.500. The summed E-state index contributed by atoms with van der Waals surface area (Å²) < 4.78 is 33.4. The van der Waals surface area contributed by atoms with Crippen LogP contribution in [0.1, 0.15) is 100 Å². The van der Waals surface area contributed by atoms with Gasteiger partial charge < -0.3 is 43.4 Å². The van der Waals surface area contributed by atoms with Gasteiger partial charge in [-0.1, -0.05) is 60.7 Å². The van der Waals surface area contributed by atoms with Crippen LogP contribution in [0.15, 0.2) is 65.7 Å². The molecule has 1 fully saturated rings. The molecule has 1 saturated heterocycles. The molecule has 1 unspecified atom stereocenters. The second-order valence-corrected chi connectivity index (χ2v) is 13.9. The molecule has 19 heteroatoms. The topological polar surface area (TPSA) is 229 Å². The molecule has 2 aromatic rings. The van der Waals surface area contributed by atoms with Gasteiger partial charge in [0.15, 0.2) is 0 Å². The van der Waals surface area contributed by atoms with Crippen molar-refractivity contribution in [2.24, 2.45) is 4.99 Å². The number of carboxylic acids is 1. The summed E-state index contributed by atoms with van der Waals surface area (Å²) >= 11 is 0. The van der Waals surface area contributed by atoms with Crippen LogP contribution >= 0.6 is 0 Å². The van der Waals surface area contributed by atoms with Crippen LogP contribution in [0.4, 0.5) is 9.59 Å². The molecule has 2 N–H and O–H groups in total. The Morgan fingerprint density at radius 1 is 0.729 bits per heavy atom. The molecule has 59 heavy (non-hydrogen) atoms. The number of aliphatic imine (C=N–C) groups is 1. The Kier molecular flexibility index (Phi) is 32.8. The average molecular weight is 841 g/mol. The molecule has 2 aromatic carbocycles. The summed E-state index contributed by atoms with van der Waals surface area (Å²) in [6.45, 7) is 19.2. The normalized spacial score (nSPS) is 11.9. The number of ether oxygens (including phenoxy) is 5. The largest absolute Gasteiger partial charge is 1.00 e. The maximum atomic E-state index is 11.7. The second kappa shape index (κ2) is 33.1. The van der Waals surface area contributed by atoms with Crippen molar-refractivity contribution >= 4 is 55.4 Å². The number of esters is 2. The first kappa shape index (κ1) is 58.5. The summed E-state index contributed by atoms with van der Waals surface area (Å²) in [4.78, 5) is 78.8. The molecule has 2 radical (unpaired) electrons. The van der Waals surface area contributed by atoms with Crippen molar-refractivity contribution in [3.8, 4) is 0 Å². The number of nitrogens with one attached hydrogen (secondary N) is 1. The maximum Gasteiger partial charge on any atom is 1.00 e. The van der Waals surface area contributed by atoms with E-state index in [4.69, 9.17) is 33.6 Å². The van der Waals surface area contributed by atoms with Crippen molar-refractivity contribution in [1.82, 2.24) is 5.32 Å². The van der Waals surface area contributed by atoms with Gasteiger partial charge in [-0.05, 0) is 79.4 Å². The fourth-order valence-corrected chi connectivity index (χ4v) is 3.36. The van der Waals surface area contributed by atoms with E-state index in [1.165, 1.54) is 33.6 Å². The number of aliphatic carboxylic acids is 1. The molecule has 1 heterocycles. The van der Waals surface area contributed by atoms with Gasteiger partial charge in [-0.3, -0.25) is 14.4 Å². The van der Waals surface area contributed by atoms with E-state index in [1.807, 2.05) is 60.7 Å². The molecule has 2 amide bonds. The number of amides is 2. The number of hydrogen-bond donors (Lipinski definition) is 2. The average Bonchev–Trinajstić information content (AvgIpc) is 3.69. The zero-order valence-electron chi connectivity index (χ0n) is 36.3. The van der Waals surface area contributed by atoms with Crippen molar-refractivity contribution in [2.75, 3.05) is 13.2 Å². The molecule has 0 aromatic heterocycles. The molecule has 1 atom stereocenters. The minimum atomic E-state index is -0.833. The van der Waals surface area contributed by atoms with Crippen LogP contribution in [-0.2, 0) is 70.2 Å². The molecule has 3 rings (SSSR count). The van der Waals surface area contributed by atoms with E-state index in [2.05, 4.69) is 19.6 Å². The van der Waals surface area contributed by atoms with E-state index in [-0.39, 0.29) is 48.5 Å². The summed E-state index contributed by atoms with van der Waals surface area (Å²) in [6.07, 6.45) is 1.12. The Labute approximate surface area is 369 Å². The van der Waals surface area contributed by atoms with E-state index in [9.17, 15) is 28.8 Å². The first-order valence-corrected chi connectivity index (χ1v) is 18.0. The van der Waals surface area contributed by atoms with E-state index < -0.39 is 59.3 Å². The standard InChI is InChI=1S/C15H21NO4.C15H19NO4.C4H6BO4.C4H8O.C2H4O2.Na/c2*1-11(16-14(18)20-15(2,3)4)13(17)19-10-12-8-6-5-7-9-12;1-3(6)8-5-9-4(2)7;1-2-4-5-3-1;1-2(3)4;/h5-9,11H,10H2,1-4H3,(H,16,18);5-9H,10H2,1-4H3;1-2H3;1-4H2;1H3,(H,3,4);/q;;-1;;;+1. The molecule has 0 bridgehead atoms. The Hall–Kier alpha value is -4.78. The van der Waals surface area contributed by atoms with Gasteiger partial charge in [0.05, 0.1) is 0 Å². The van der Waals surface area contributed by atoms with Crippen molar-refractivity contribution in [1.29, 1.82) is 0 Å². The molecular formula is C40H58BN2NaO15. The molecular weight excluding hydrogens is 782 g/mol. The van der Waals surface area contributed by atoms with Gasteiger partial charge in [0.1, 0.15) is 43.9 Å². The van der Waals surface area contributed by atoms with Crippen molar-refractivity contribution in [3.05, 3.63) is 71.8 Å². The van der Waals surface area contributed by atoms with Gasteiger partial charge in [0, 0.05) is 34.0 Å². The summed E-state index contributed by atoms with van der Waals surface area (Å²) in [5, 5.41) is 9.85. The number of nitrogens with zero attached hydrogens (tertiary/aromatic N) is 1. The second-order valence-electron chi connectivity index (χ2n) is 13.9. The summed E-state index contributed by atoms with van der Waals surface area (Å²) in [5.41, 5.74) is 0.485. The van der Waals surface area contributed by atoms with Gasteiger partial charge in [0.2, 0.25) is 0 Å². The third-order valence-corrected chi connectivity index (χ3v) is 5.73.